The molecule has 4 N–H and O–H groups in total. The first-order valence-electron chi connectivity index (χ1n) is 10.0. The van der Waals surface area contributed by atoms with Gasteiger partial charge in [-0.3, -0.25) is 14.9 Å². The Morgan fingerprint density at radius 3 is 2.84 bits per heavy atom. The highest BCUT2D eigenvalue weighted by Crippen LogP contribution is 2.38. The van der Waals surface area contributed by atoms with Crippen molar-refractivity contribution in [3.05, 3.63) is 65.0 Å². The Bertz CT molecular complexity index is 1090. The number of ether oxygens (including phenoxy) is 2. The number of carbonyl (C=O) groups is 3. The van der Waals surface area contributed by atoms with Crippen LogP contribution in [0.15, 0.2) is 53.8 Å². The highest BCUT2D eigenvalue weighted by atomic mass is 16.5. The molecule has 0 radical (unpaired) electrons. The fourth-order valence-electron chi connectivity index (χ4n) is 4.48. The molecule has 0 saturated carbocycles. The van der Waals surface area contributed by atoms with E-state index in [9.17, 15) is 14.4 Å². The monoisotopic (exact) mass is 422 g/mol. The standard InChI is InChI=1S/C22H22N4O5/c1-30-15-4-3-13-10-26(19(27)16(13)8-15)11-22(20(28)24-21(29)25-22)18-7-14-6-12(9-23)2-5-17(14)31-18/h2-8,14,17H,9-11,23H2,1H3,(H2,24,25,28,29). The van der Waals surface area contributed by atoms with Crippen molar-refractivity contribution in [2.75, 3.05) is 20.2 Å². The summed E-state index contributed by atoms with van der Waals surface area (Å²) in [5.41, 5.74) is 6.56. The average Bonchev–Trinajstić information content (AvgIpc) is 3.41. The van der Waals surface area contributed by atoms with Crippen LogP contribution < -0.4 is 21.1 Å². The Morgan fingerprint density at radius 2 is 2.13 bits per heavy atom. The molecule has 4 aliphatic rings. The fourth-order valence-corrected chi connectivity index (χ4v) is 4.48. The maximum atomic E-state index is 13.1. The number of imide groups is 1. The van der Waals surface area contributed by atoms with E-state index in [2.05, 4.69) is 10.6 Å². The third-order valence-electron chi connectivity index (χ3n) is 6.11. The van der Waals surface area contributed by atoms with Crippen LogP contribution in [0.4, 0.5) is 4.79 Å². The number of hydrogen-bond acceptors (Lipinski definition) is 6. The van der Waals surface area contributed by atoms with Crippen molar-refractivity contribution >= 4 is 17.8 Å². The van der Waals surface area contributed by atoms with Gasteiger partial charge in [-0.1, -0.05) is 18.2 Å². The van der Waals surface area contributed by atoms with Gasteiger partial charge in [-0.2, -0.15) is 0 Å². The number of urea groups is 1. The van der Waals surface area contributed by atoms with E-state index in [0.29, 0.717) is 30.2 Å². The minimum Gasteiger partial charge on any atom is -0.497 e. The fraction of sp³-hybridized carbons (Fsp3) is 0.318. The summed E-state index contributed by atoms with van der Waals surface area (Å²) in [4.78, 5) is 39.7. The van der Waals surface area contributed by atoms with Crippen LogP contribution >= 0.6 is 0 Å². The Balaban J connectivity index is 1.47. The van der Waals surface area contributed by atoms with Crippen molar-refractivity contribution in [2.24, 2.45) is 11.7 Å². The molecule has 3 atom stereocenters. The summed E-state index contributed by atoms with van der Waals surface area (Å²) in [6, 6.07) is 4.68. The molecular formula is C22H22N4O5. The van der Waals surface area contributed by atoms with Gasteiger partial charge in [0, 0.05) is 24.6 Å². The van der Waals surface area contributed by atoms with Crippen LogP contribution in [0.25, 0.3) is 0 Å². The van der Waals surface area contributed by atoms with Crippen LogP contribution in [0.2, 0.25) is 0 Å². The summed E-state index contributed by atoms with van der Waals surface area (Å²) in [5, 5.41) is 5.00. The van der Waals surface area contributed by atoms with Crippen molar-refractivity contribution in [3.63, 3.8) is 0 Å². The lowest BCUT2D eigenvalue weighted by Gasteiger charge is -2.31. The molecular weight excluding hydrogens is 400 g/mol. The van der Waals surface area contributed by atoms with Gasteiger partial charge in [-0.15, -0.1) is 0 Å². The number of nitrogens with one attached hydrogen (secondary N) is 2. The lowest BCUT2D eigenvalue weighted by Crippen LogP contribution is -2.57. The van der Waals surface area contributed by atoms with Crippen LogP contribution in [-0.2, 0) is 16.1 Å². The number of nitrogens with zero attached hydrogens (tertiary/aromatic N) is 1. The van der Waals surface area contributed by atoms with Gasteiger partial charge in [0.1, 0.15) is 17.6 Å². The van der Waals surface area contributed by atoms with E-state index in [1.54, 1.807) is 17.0 Å². The molecule has 3 aliphatic heterocycles. The highest BCUT2D eigenvalue weighted by Gasteiger charge is 2.55. The van der Waals surface area contributed by atoms with Gasteiger partial charge < -0.3 is 25.4 Å². The minimum atomic E-state index is -1.50. The Labute approximate surface area is 178 Å². The molecule has 1 aromatic carbocycles. The smallest absolute Gasteiger partial charge is 0.322 e. The van der Waals surface area contributed by atoms with Gasteiger partial charge in [0.05, 0.1) is 13.7 Å². The molecule has 0 bridgehead atoms. The number of fused-ring (bicyclic) bond motifs is 2. The Hall–Kier alpha value is -3.59. The van der Waals surface area contributed by atoms with Crippen LogP contribution in [-0.4, -0.2) is 54.6 Å². The lowest BCUT2D eigenvalue weighted by molar-refractivity contribution is -0.124. The molecule has 3 unspecified atom stereocenters. The van der Waals surface area contributed by atoms with E-state index in [1.165, 1.54) is 7.11 Å². The van der Waals surface area contributed by atoms with Crippen LogP contribution in [0.1, 0.15) is 15.9 Å². The summed E-state index contributed by atoms with van der Waals surface area (Å²) in [6.07, 6.45) is 7.31. The first-order chi connectivity index (χ1) is 14.9. The van der Waals surface area contributed by atoms with E-state index >= 15 is 0 Å². The maximum Gasteiger partial charge on any atom is 0.322 e. The molecule has 1 saturated heterocycles. The number of hydrogen-bond donors (Lipinski definition) is 3. The Kier molecular flexibility index (Phi) is 4.37. The third-order valence-corrected chi connectivity index (χ3v) is 6.11. The van der Waals surface area contributed by atoms with Gasteiger partial charge in [-0.05, 0) is 35.4 Å². The molecule has 9 heteroatoms. The molecule has 31 heavy (non-hydrogen) atoms. The van der Waals surface area contributed by atoms with E-state index in [1.807, 2.05) is 30.4 Å². The minimum absolute atomic E-state index is 0.0527. The van der Waals surface area contributed by atoms with Gasteiger partial charge in [-0.25, -0.2) is 4.79 Å². The first kappa shape index (κ1) is 19.4. The molecule has 0 aromatic heterocycles. The highest BCUT2D eigenvalue weighted by molar-refractivity contribution is 6.09. The molecule has 9 nitrogen and oxygen atoms in total. The van der Waals surface area contributed by atoms with Crippen molar-refractivity contribution < 1.29 is 23.9 Å². The second kappa shape index (κ2) is 6.98. The zero-order valence-corrected chi connectivity index (χ0v) is 16.9. The summed E-state index contributed by atoms with van der Waals surface area (Å²) < 4.78 is 11.3. The van der Waals surface area contributed by atoms with Crippen molar-refractivity contribution in [3.8, 4) is 5.75 Å². The largest absolute Gasteiger partial charge is 0.497 e. The van der Waals surface area contributed by atoms with E-state index in [4.69, 9.17) is 15.2 Å². The van der Waals surface area contributed by atoms with Gasteiger partial charge in [0.25, 0.3) is 11.8 Å². The number of methoxy groups -OCH3 is 1. The zero-order valence-electron chi connectivity index (χ0n) is 16.9. The molecule has 1 aromatic rings. The number of amides is 4. The lowest BCUT2D eigenvalue weighted by atomic mass is 9.91. The normalized spacial score (nSPS) is 28.5. The Morgan fingerprint density at radius 1 is 1.29 bits per heavy atom. The SMILES string of the molecule is COc1ccc2c(c1)C(=O)N(CC1(C3=CC4C=C(CN)C=CC4O3)NC(=O)NC1=O)C2. The van der Waals surface area contributed by atoms with Crippen LogP contribution in [0.5, 0.6) is 5.75 Å². The quantitative estimate of drug-likeness (QED) is 0.597. The predicted molar refractivity (Wildman–Crippen MR) is 110 cm³/mol. The van der Waals surface area contributed by atoms with E-state index in [-0.39, 0.29) is 24.5 Å². The summed E-state index contributed by atoms with van der Waals surface area (Å²) >= 11 is 0. The van der Waals surface area contributed by atoms with Gasteiger partial charge >= 0.3 is 6.03 Å². The first-order valence-corrected chi connectivity index (χ1v) is 10.0. The van der Waals surface area contributed by atoms with E-state index in [0.717, 1.165) is 11.1 Å². The van der Waals surface area contributed by atoms with Crippen LogP contribution in [0, 0.1) is 5.92 Å². The topological polar surface area (TPSA) is 123 Å². The molecule has 5 rings (SSSR count). The number of carbonyl (C=O) groups excluding carboxylic acids is 3. The second-order valence-corrected chi connectivity index (χ2v) is 7.99. The van der Waals surface area contributed by atoms with Crippen molar-refractivity contribution in [2.45, 2.75) is 18.2 Å². The van der Waals surface area contributed by atoms with Gasteiger partial charge in [0.15, 0.2) is 5.54 Å². The van der Waals surface area contributed by atoms with Crippen molar-refractivity contribution in [1.29, 1.82) is 0 Å². The molecule has 1 aliphatic carbocycles. The summed E-state index contributed by atoms with van der Waals surface area (Å²) in [7, 11) is 1.54. The molecule has 4 amide bonds. The number of benzene rings is 1. The molecule has 0 spiro atoms. The molecule has 3 heterocycles. The maximum absolute atomic E-state index is 13.1. The summed E-state index contributed by atoms with van der Waals surface area (Å²) in [5.74, 6) is 0.0257. The predicted octanol–water partition coefficient (Wildman–Crippen LogP) is 0.583. The zero-order chi connectivity index (χ0) is 21.8. The van der Waals surface area contributed by atoms with Crippen LogP contribution in [0.3, 0.4) is 0 Å². The number of nitrogens with two attached hydrogens (primary N) is 1. The molecule has 160 valence electrons. The van der Waals surface area contributed by atoms with E-state index < -0.39 is 17.5 Å². The average molecular weight is 422 g/mol. The third kappa shape index (κ3) is 3.00. The van der Waals surface area contributed by atoms with Gasteiger partial charge in [0.2, 0.25) is 0 Å². The second-order valence-electron chi connectivity index (χ2n) is 7.99. The van der Waals surface area contributed by atoms with Crippen molar-refractivity contribution in [1.82, 2.24) is 15.5 Å². The number of rotatable bonds is 5. The molecule has 1 fully saturated rings. The summed E-state index contributed by atoms with van der Waals surface area (Å²) in [6.45, 7) is 0.665.